The third kappa shape index (κ3) is 3.90. The van der Waals surface area contributed by atoms with E-state index in [4.69, 9.17) is 16.3 Å². The van der Waals surface area contributed by atoms with Crippen molar-refractivity contribution < 1.29 is 4.74 Å². The zero-order valence-corrected chi connectivity index (χ0v) is 8.55. The summed E-state index contributed by atoms with van der Waals surface area (Å²) in [4.78, 5) is 0. The maximum Gasteiger partial charge on any atom is 0.114 e. The number of hydrogen-bond acceptors (Lipinski definition) is 1. The van der Waals surface area contributed by atoms with Gasteiger partial charge in [0.25, 0.3) is 0 Å². The van der Waals surface area contributed by atoms with Gasteiger partial charge in [-0.3, -0.25) is 0 Å². The average Bonchev–Trinajstić information content (AvgIpc) is 2.14. The highest BCUT2D eigenvalue weighted by Gasteiger charge is 1.92. The summed E-state index contributed by atoms with van der Waals surface area (Å²) in [5.41, 5.74) is 0. The summed E-state index contributed by atoms with van der Waals surface area (Å²) in [6, 6.07) is 10.3. The molecule has 0 aromatic heterocycles. The van der Waals surface area contributed by atoms with Gasteiger partial charge in [0, 0.05) is 12.1 Å². The maximum absolute atomic E-state index is 5.46. The van der Waals surface area contributed by atoms with Crippen molar-refractivity contribution in [2.24, 2.45) is 0 Å². The van der Waals surface area contributed by atoms with E-state index in [9.17, 15) is 0 Å². The quantitative estimate of drug-likeness (QED) is 0.393. The summed E-state index contributed by atoms with van der Waals surface area (Å²) in [6.07, 6.45) is 0.788. The van der Waals surface area contributed by atoms with Crippen LogP contribution in [0.3, 0.4) is 0 Å². The van der Waals surface area contributed by atoms with E-state index in [1.54, 1.807) is 0 Å². The number of halogens is 1. The molecule has 0 saturated heterocycles. The van der Waals surface area contributed by atoms with Crippen molar-refractivity contribution in [1.82, 2.24) is 0 Å². The molecule has 0 aliphatic heterocycles. The first-order valence-electron chi connectivity index (χ1n) is 3.86. The van der Waals surface area contributed by atoms with Gasteiger partial charge in [0.1, 0.15) is 9.52 Å². The van der Waals surface area contributed by atoms with E-state index in [0.29, 0.717) is 12.5 Å². The Hall–Kier alpha value is -0.313. The molecule has 1 nitrogen and oxygen atoms in total. The SMILES string of the molecule is ClCCOC[Si]c1ccccc1. The van der Waals surface area contributed by atoms with Crippen LogP contribution >= 0.6 is 11.6 Å². The van der Waals surface area contributed by atoms with Crippen LogP contribution in [0.1, 0.15) is 0 Å². The topological polar surface area (TPSA) is 9.23 Å². The van der Waals surface area contributed by atoms with Gasteiger partial charge in [0.05, 0.1) is 6.61 Å². The predicted octanol–water partition coefficient (Wildman–Crippen LogP) is 1.23. The van der Waals surface area contributed by atoms with E-state index >= 15 is 0 Å². The molecule has 0 fully saturated rings. The standard InChI is InChI=1S/C9H11ClOSi/c10-6-7-11-8-12-9-4-2-1-3-5-9/h1-5H,6-8H2. The van der Waals surface area contributed by atoms with Crippen LogP contribution in [0.25, 0.3) is 0 Å². The normalized spacial score (nSPS) is 10.1. The largest absolute Gasteiger partial charge is 0.384 e. The summed E-state index contributed by atoms with van der Waals surface area (Å²) in [6.45, 7) is 0.654. The van der Waals surface area contributed by atoms with Crippen LogP contribution in [0.15, 0.2) is 30.3 Å². The van der Waals surface area contributed by atoms with Crippen molar-refractivity contribution in [3.05, 3.63) is 30.3 Å². The van der Waals surface area contributed by atoms with Crippen LogP contribution in [-0.2, 0) is 4.74 Å². The second-order valence-corrected chi connectivity index (χ2v) is 3.88. The lowest BCUT2D eigenvalue weighted by molar-refractivity contribution is 0.195. The van der Waals surface area contributed by atoms with E-state index in [1.165, 1.54) is 5.19 Å². The molecule has 1 aromatic carbocycles. The van der Waals surface area contributed by atoms with Crippen molar-refractivity contribution in [3.63, 3.8) is 0 Å². The van der Waals surface area contributed by atoms with Crippen molar-refractivity contribution in [2.45, 2.75) is 0 Å². The molecular weight excluding hydrogens is 188 g/mol. The van der Waals surface area contributed by atoms with Crippen LogP contribution in [-0.4, -0.2) is 28.2 Å². The Morgan fingerprint density at radius 1 is 1.25 bits per heavy atom. The van der Waals surface area contributed by atoms with Crippen LogP contribution in [0.5, 0.6) is 0 Å². The molecule has 1 rings (SSSR count). The molecule has 2 radical (unpaired) electrons. The Labute approximate surface area is 80.5 Å². The third-order valence-corrected chi connectivity index (χ3v) is 2.62. The highest BCUT2D eigenvalue weighted by Crippen LogP contribution is 1.82. The zero-order valence-electron chi connectivity index (χ0n) is 6.79. The Morgan fingerprint density at radius 2 is 2.00 bits per heavy atom. The maximum atomic E-state index is 5.46. The smallest absolute Gasteiger partial charge is 0.114 e. The molecule has 0 amide bonds. The van der Waals surface area contributed by atoms with Crippen LogP contribution in [0, 0.1) is 0 Å². The van der Waals surface area contributed by atoms with Gasteiger partial charge < -0.3 is 4.74 Å². The van der Waals surface area contributed by atoms with E-state index in [2.05, 4.69) is 12.1 Å². The molecular formula is C9H11ClOSi. The molecule has 0 bridgehead atoms. The lowest BCUT2D eigenvalue weighted by Gasteiger charge is -2.00. The van der Waals surface area contributed by atoms with Gasteiger partial charge in [-0.1, -0.05) is 35.5 Å². The van der Waals surface area contributed by atoms with Gasteiger partial charge in [-0.05, 0) is 0 Å². The van der Waals surface area contributed by atoms with Gasteiger partial charge in [-0.2, -0.15) is 0 Å². The predicted molar refractivity (Wildman–Crippen MR) is 53.4 cm³/mol. The minimum atomic E-state index is 0.583. The molecule has 3 heteroatoms. The van der Waals surface area contributed by atoms with Crippen LogP contribution in [0.2, 0.25) is 0 Å². The molecule has 0 spiro atoms. The number of rotatable bonds is 5. The number of benzene rings is 1. The van der Waals surface area contributed by atoms with E-state index in [-0.39, 0.29) is 0 Å². The molecule has 0 unspecified atom stereocenters. The molecule has 0 saturated carbocycles. The average molecular weight is 199 g/mol. The second kappa shape index (κ2) is 6.23. The minimum Gasteiger partial charge on any atom is -0.384 e. The number of hydrogen-bond donors (Lipinski definition) is 0. The van der Waals surface area contributed by atoms with E-state index in [0.717, 1.165) is 15.7 Å². The monoisotopic (exact) mass is 198 g/mol. The first-order chi connectivity index (χ1) is 5.93. The molecule has 1 aromatic rings. The molecule has 64 valence electrons. The minimum absolute atomic E-state index is 0.583. The highest BCUT2D eigenvalue weighted by atomic mass is 35.5. The first kappa shape index (κ1) is 9.77. The van der Waals surface area contributed by atoms with Crippen LogP contribution < -0.4 is 5.19 Å². The Balaban J connectivity index is 2.16. The Bertz CT molecular complexity index is 203. The van der Waals surface area contributed by atoms with Crippen molar-refractivity contribution >= 4 is 26.3 Å². The fourth-order valence-electron chi connectivity index (χ4n) is 0.817. The lowest BCUT2D eigenvalue weighted by Crippen LogP contribution is -2.19. The molecule has 0 N–H and O–H groups in total. The van der Waals surface area contributed by atoms with E-state index < -0.39 is 0 Å². The summed E-state index contributed by atoms with van der Waals surface area (Å²) in [5.74, 6) is 0.583. The van der Waals surface area contributed by atoms with E-state index in [1.807, 2.05) is 18.2 Å². The molecule has 0 atom stereocenters. The Morgan fingerprint density at radius 3 is 2.67 bits per heavy atom. The Kier molecular flexibility index (Phi) is 5.07. The van der Waals surface area contributed by atoms with Crippen molar-refractivity contribution in [2.75, 3.05) is 18.7 Å². The molecule has 12 heavy (non-hydrogen) atoms. The van der Waals surface area contributed by atoms with Crippen LogP contribution in [0.4, 0.5) is 0 Å². The third-order valence-electron chi connectivity index (χ3n) is 1.37. The summed E-state index contributed by atoms with van der Waals surface area (Å²) in [5, 5.41) is 1.34. The summed E-state index contributed by atoms with van der Waals surface area (Å²) in [7, 11) is 0.733. The molecule has 0 aliphatic carbocycles. The fraction of sp³-hybridized carbons (Fsp3) is 0.333. The fourth-order valence-corrected chi connectivity index (χ4v) is 1.77. The van der Waals surface area contributed by atoms with Gasteiger partial charge >= 0.3 is 0 Å². The summed E-state index contributed by atoms with van der Waals surface area (Å²) < 4.78 is 5.27. The number of ether oxygens (including phenoxy) is 1. The highest BCUT2D eigenvalue weighted by molar-refractivity contribution is 6.53. The van der Waals surface area contributed by atoms with Gasteiger partial charge in [0.2, 0.25) is 0 Å². The molecule has 0 aliphatic rings. The van der Waals surface area contributed by atoms with Crippen molar-refractivity contribution in [3.8, 4) is 0 Å². The van der Waals surface area contributed by atoms with Gasteiger partial charge in [-0.15, -0.1) is 11.6 Å². The van der Waals surface area contributed by atoms with Gasteiger partial charge in [-0.25, -0.2) is 0 Å². The van der Waals surface area contributed by atoms with Crippen molar-refractivity contribution in [1.29, 1.82) is 0 Å². The van der Waals surface area contributed by atoms with Gasteiger partial charge in [0.15, 0.2) is 0 Å². The molecule has 0 heterocycles. The zero-order chi connectivity index (χ0) is 8.65. The number of alkyl halides is 1. The second-order valence-electron chi connectivity index (χ2n) is 2.28. The summed E-state index contributed by atoms with van der Waals surface area (Å²) >= 11 is 5.46. The lowest BCUT2D eigenvalue weighted by atomic mass is 10.4. The first-order valence-corrected chi connectivity index (χ1v) is 5.60.